The number of non-ortho nitro benzene ring substituents is 1. The largest absolute Gasteiger partial charge is 0.314 e. The van der Waals surface area contributed by atoms with Gasteiger partial charge in [0.15, 0.2) is 0 Å². The van der Waals surface area contributed by atoms with Crippen molar-refractivity contribution in [1.29, 1.82) is 0 Å². The second kappa shape index (κ2) is 6.43. The molecule has 5 heteroatoms. The smallest absolute Gasteiger partial charge is 0.295 e. The molecule has 0 aliphatic carbocycles. The molecule has 1 N–H and O–H groups in total. The Labute approximate surface area is 118 Å². The highest BCUT2D eigenvalue weighted by Gasteiger charge is 2.15. The van der Waals surface area contributed by atoms with E-state index in [1.165, 1.54) is 6.07 Å². The molecule has 0 fully saturated rings. The Balaban J connectivity index is 2.35. The van der Waals surface area contributed by atoms with Crippen LogP contribution in [-0.2, 0) is 6.42 Å². The molecule has 1 heterocycles. The number of hydrogen-bond acceptors (Lipinski definition) is 4. The summed E-state index contributed by atoms with van der Waals surface area (Å²) in [4.78, 5) is 14.8. The van der Waals surface area contributed by atoms with Gasteiger partial charge in [0.2, 0.25) is 0 Å². The summed E-state index contributed by atoms with van der Waals surface area (Å²) in [6.07, 6.45) is 3.57. The lowest BCUT2D eigenvalue weighted by atomic mass is 10.0. The van der Waals surface area contributed by atoms with Gasteiger partial charge in [-0.2, -0.15) is 0 Å². The monoisotopic (exact) mass is 273 g/mol. The lowest BCUT2D eigenvalue weighted by Gasteiger charge is -2.14. The van der Waals surface area contributed by atoms with Crippen LogP contribution in [0.15, 0.2) is 30.5 Å². The highest BCUT2D eigenvalue weighted by atomic mass is 16.6. The van der Waals surface area contributed by atoms with E-state index in [-0.39, 0.29) is 10.6 Å². The third-order valence-corrected chi connectivity index (χ3v) is 3.31. The Morgan fingerprint density at radius 3 is 2.90 bits per heavy atom. The predicted octanol–water partition coefficient (Wildman–Crippen LogP) is 3.07. The molecule has 20 heavy (non-hydrogen) atoms. The quantitative estimate of drug-likeness (QED) is 0.648. The standard InChI is InChI=1S/C15H19N3O2/c1-3-8-16-11(2)10-12-7-9-17-15-13(12)5-4-6-14(15)18(19)20/h4-7,9,11,16H,3,8,10H2,1-2H3. The van der Waals surface area contributed by atoms with Crippen LogP contribution in [0.2, 0.25) is 0 Å². The summed E-state index contributed by atoms with van der Waals surface area (Å²) in [5.41, 5.74) is 1.63. The zero-order valence-corrected chi connectivity index (χ0v) is 11.8. The number of fused-ring (bicyclic) bond motifs is 1. The molecule has 106 valence electrons. The van der Waals surface area contributed by atoms with E-state index >= 15 is 0 Å². The van der Waals surface area contributed by atoms with Gasteiger partial charge in [-0.3, -0.25) is 10.1 Å². The molecule has 1 aromatic heterocycles. The molecule has 0 amide bonds. The zero-order valence-electron chi connectivity index (χ0n) is 11.8. The van der Waals surface area contributed by atoms with Crippen molar-refractivity contribution < 1.29 is 4.92 Å². The minimum absolute atomic E-state index is 0.0681. The van der Waals surface area contributed by atoms with E-state index in [9.17, 15) is 10.1 Å². The summed E-state index contributed by atoms with van der Waals surface area (Å²) >= 11 is 0. The fourth-order valence-corrected chi connectivity index (χ4v) is 2.34. The first kappa shape index (κ1) is 14.4. The lowest BCUT2D eigenvalue weighted by molar-refractivity contribution is -0.383. The third-order valence-electron chi connectivity index (χ3n) is 3.31. The second-order valence-corrected chi connectivity index (χ2v) is 4.96. The third kappa shape index (κ3) is 3.11. The van der Waals surface area contributed by atoms with Crippen molar-refractivity contribution in [2.24, 2.45) is 0 Å². The number of benzene rings is 1. The van der Waals surface area contributed by atoms with Gasteiger partial charge in [0.05, 0.1) is 4.92 Å². The number of para-hydroxylation sites is 1. The molecule has 0 bridgehead atoms. The van der Waals surface area contributed by atoms with Crippen LogP contribution in [0.1, 0.15) is 25.8 Å². The molecule has 0 spiro atoms. The average Bonchev–Trinajstić information content (AvgIpc) is 2.44. The van der Waals surface area contributed by atoms with Crippen molar-refractivity contribution in [3.8, 4) is 0 Å². The summed E-state index contributed by atoms with van der Waals surface area (Å²) in [5.74, 6) is 0. The van der Waals surface area contributed by atoms with Crippen LogP contribution in [0.4, 0.5) is 5.69 Å². The first-order valence-electron chi connectivity index (χ1n) is 6.88. The Morgan fingerprint density at radius 1 is 1.40 bits per heavy atom. The molecule has 0 saturated heterocycles. The maximum absolute atomic E-state index is 11.0. The number of nitrogens with zero attached hydrogens (tertiary/aromatic N) is 2. The minimum atomic E-state index is -0.377. The molecule has 1 aromatic carbocycles. The minimum Gasteiger partial charge on any atom is -0.314 e. The van der Waals surface area contributed by atoms with Crippen LogP contribution >= 0.6 is 0 Å². The van der Waals surface area contributed by atoms with E-state index in [0.717, 1.165) is 30.3 Å². The van der Waals surface area contributed by atoms with E-state index in [1.54, 1.807) is 12.3 Å². The van der Waals surface area contributed by atoms with Crippen molar-refractivity contribution in [3.63, 3.8) is 0 Å². The van der Waals surface area contributed by atoms with E-state index in [4.69, 9.17) is 0 Å². The normalized spacial score (nSPS) is 12.5. The second-order valence-electron chi connectivity index (χ2n) is 4.96. The highest BCUT2D eigenvalue weighted by molar-refractivity contribution is 5.89. The van der Waals surface area contributed by atoms with Crippen molar-refractivity contribution in [2.45, 2.75) is 32.7 Å². The predicted molar refractivity (Wildman–Crippen MR) is 79.9 cm³/mol. The number of rotatable bonds is 6. The van der Waals surface area contributed by atoms with Gasteiger partial charge < -0.3 is 5.32 Å². The van der Waals surface area contributed by atoms with Gasteiger partial charge >= 0.3 is 0 Å². The van der Waals surface area contributed by atoms with Crippen LogP contribution in [0.5, 0.6) is 0 Å². The highest BCUT2D eigenvalue weighted by Crippen LogP contribution is 2.26. The van der Waals surface area contributed by atoms with E-state index in [2.05, 4.69) is 24.1 Å². The fourth-order valence-electron chi connectivity index (χ4n) is 2.34. The number of pyridine rings is 1. The van der Waals surface area contributed by atoms with Crippen molar-refractivity contribution in [1.82, 2.24) is 10.3 Å². The first-order valence-corrected chi connectivity index (χ1v) is 6.88. The summed E-state index contributed by atoms with van der Waals surface area (Å²) in [6.45, 7) is 5.23. The molecule has 1 unspecified atom stereocenters. The van der Waals surface area contributed by atoms with Gasteiger partial charge in [-0.25, -0.2) is 4.98 Å². The Hall–Kier alpha value is -2.01. The first-order chi connectivity index (χ1) is 9.63. The molecule has 0 aliphatic heterocycles. The summed E-state index contributed by atoms with van der Waals surface area (Å²) < 4.78 is 0. The molecule has 5 nitrogen and oxygen atoms in total. The lowest BCUT2D eigenvalue weighted by Crippen LogP contribution is -2.28. The number of nitro benzene ring substituents is 1. The maximum Gasteiger partial charge on any atom is 0.295 e. The van der Waals surface area contributed by atoms with E-state index < -0.39 is 0 Å². The molecule has 2 rings (SSSR count). The molecular formula is C15H19N3O2. The molecule has 0 radical (unpaired) electrons. The molecule has 1 atom stereocenters. The molecule has 2 aromatic rings. The van der Waals surface area contributed by atoms with Crippen LogP contribution in [0, 0.1) is 10.1 Å². The summed E-state index contributed by atoms with van der Waals surface area (Å²) in [5, 5.41) is 15.3. The average molecular weight is 273 g/mol. The van der Waals surface area contributed by atoms with Gasteiger partial charge in [-0.05, 0) is 37.9 Å². The van der Waals surface area contributed by atoms with Crippen LogP contribution in [-0.4, -0.2) is 22.5 Å². The number of nitro groups is 1. The van der Waals surface area contributed by atoms with Crippen LogP contribution < -0.4 is 5.32 Å². The topological polar surface area (TPSA) is 68.1 Å². The van der Waals surface area contributed by atoms with Gasteiger partial charge in [0.1, 0.15) is 5.52 Å². The van der Waals surface area contributed by atoms with Crippen molar-refractivity contribution in [2.75, 3.05) is 6.54 Å². The Bertz CT molecular complexity index is 613. The van der Waals surface area contributed by atoms with Crippen LogP contribution in [0.3, 0.4) is 0 Å². The van der Waals surface area contributed by atoms with Crippen molar-refractivity contribution in [3.05, 3.63) is 46.1 Å². The molecule has 0 saturated carbocycles. The number of aromatic nitrogens is 1. The molecular weight excluding hydrogens is 254 g/mol. The van der Waals surface area contributed by atoms with Gasteiger partial charge in [0, 0.05) is 23.7 Å². The maximum atomic E-state index is 11.0. The van der Waals surface area contributed by atoms with E-state index in [1.807, 2.05) is 12.1 Å². The zero-order chi connectivity index (χ0) is 14.5. The fraction of sp³-hybridized carbons (Fsp3) is 0.400. The van der Waals surface area contributed by atoms with Gasteiger partial charge in [0.25, 0.3) is 5.69 Å². The van der Waals surface area contributed by atoms with Gasteiger partial charge in [-0.1, -0.05) is 19.1 Å². The number of hydrogen-bond donors (Lipinski definition) is 1. The number of nitrogens with one attached hydrogen (secondary N) is 1. The summed E-state index contributed by atoms with van der Waals surface area (Å²) in [6, 6.07) is 7.39. The van der Waals surface area contributed by atoms with Crippen LogP contribution in [0.25, 0.3) is 10.9 Å². The SMILES string of the molecule is CCCNC(C)Cc1ccnc2c([N+](=O)[O-])cccc12. The van der Waals surface area contributed by atoms with E-state index in [0.29, 0.717) is 11.6 Å². The molecule has 0 aliphatic rings. The Morgan fingerprint density at radius 2 is 2.20 bits per heavy atom. The summed E-state index contributed by atoms with van der Waals surface area (Å²) in [7, 11) is 0. The van der Waals surface area contributed by atoms with Gasteiger partial charge in [-0.15, -0.1) is 0 Å². The van der Waals surface area contributed by atoms with Crippen molar-refractivity contribution >= 4 is 16.6 Å². The Kier molecular flexibility index (Phi) is 4.63.